The molecule has 3 aromatic rings. The van der Waals surface area contributed by atoms with Crippen LogP contribution in [0, 0.1) is 0 Å². The summed E-state index contributed by atoms with van der Waals surface area (Å²) in [5.41, 5.74) is 2.91. The van der Waals surface area contributed by atoms with Gasteiger partial charge in [-0.3, -0.25) is 0 Å². The molecule has 0 bridgehead atoms. The molecule has 0 N–H and O–H groups in total. The predicted molar refractivity (Wildman–Crippen MR) is 116 cm³/mol. The second kappa shape index (κ2) is 6.53. The van der Waals surface area contributed by atoms with Crippen molar-refractivity contribution in [1.29, 1.82) is 0 Å². The molecule has 3 rings (SSSR count). The minimum atomic E-state index is -2.05. The number of hydrogen-bond donors (Lipinski definition) is 0. The Bertz CT molecular complexity index is 821. The quantitative estimate of drug-likeness (QED) is 0.401. The van der Waals surface area contributed by atoms with Gasteiger partial charge >= 0.3 is 156 Å². The fourth-order valence-corrected chi connectivity index (χ4v) is 10.1. The summed E-state index contributed by atoms with van der Waals surface area (Å²) in [6, 6.07) is 14.6. The molecule has 1 heterocycles. The number of rotatable bonds is 4. The van der Waals surface area contributed by atoms with Crippen LogP contribution in [0.15, 0.2) is 36.4 Å². The Balaban J connectivity index is 2.36. The third kappa shape index (κ3) is 3.40. The van der Waals surface area contributed by atoms with Crippen molar-refractivity contribution in [2.75, 3.05) is 0 Å². The molecule has 0 aliphatic rings. The third-order valence-corrected chi connectivity index (χ3v) is 16.7. The zero-order valence-electron chi connectivity index (χ0n) is 16.3. The molecule has 2 aromatic carbocycles. The van der Waals surface area contributed by atoms with Crippen LogP contribution in [-0.2, 0) is 6.54 Å². The summed E-state index contributed by atoms with van der Waals surface area (Å²) in [5.74, 6) is 0. The molecule has 0 aliphatic heterocycles. The summed E-state index contributed by atoms with van der Waals surface area (Å²) in [6.45, 7) is 3.41. The van der Waals surface area contributed by atoms with Gasteiger partial charge in [0.25, 0.3) is 0 Å². The molecule has 0 saturated carbocycles. The zero-order chi connectivity index (χ0) is 17.7. The standard InChI is InChI=1S/C15H13N.6CH3.2Sn/c1-2-11-16-14-9-5-3-7-12(14)13-8-4-6-10-15(13)16;;;;;;;;/h3-4,7-10H,2,11H2,1H3;6*1H3;;. The second-order valence-corrected chi connectivity index (χ2v) is 38.1. The molecule has 3 heteroatoms. The number of benzene rings is 2. The van der Waals surface area contributed by atoms with E-state index in [1.807, 2.05) is 0 Å². The number of hydrogen-bond acceptors (Lipinski definition) is 0. The van der Waals surface area contributed by atoms with E-state index in [9.17, 15) is 0 Å². The molecule has 0 radical (unpaired) electrons. The topological polar surface area (TPSA) is 4.93 Å². The van der Waals surface area contributed by atoms with E-state index in [2.05, 4.69) is 77.5 Å². The van der Waals surface area contributed by atoms with Crippen LogP contribution in [0.1, 0.15) is 13.3 Å². The molecule has 1 nitrogen and oxygen atoms in total. The summed E-state index contributed by atoms with van der Waals surface area (Å²) < 4.78 is 5.85. The van der Waals surface area contributed by atoms with Crippen LogP contribution in [0.4, 0.5) is 0 Å². The van der Waals surface area contributed by atoms with Crippen LogP contribution in [0.25, 0.3) is 21.8 Å². The zero-order valence-corrected chi connectivity index (χ0v) is 22.0. The van der Waals surface area contributed by atoms with Crippen molar-refractivity contribution in [1.82, 2.24) is 4.57 Å². The van der Waals surface area contributed by atoms with Crippen molar-refractivity contribution in [2.45, 2.75) is 49.5 Å². The van der Waals surface area contributed by atoms with Crippen molar-refractivity contribution in [3.05, 3.63) is 36.4 Å². The summed E-state index contributed by atoms with van der Waals surface area (Å²) >= 11 is -4.09. The molecule has 0 atom stereocenters. The van der Waals surface area contributed by atoms with E-state index in [-0.39, 0.29) is 0 Å². The van der Waals surface area contributed by atoms with E-state index in [1.54, 1.807) is 7.16 Å². The Labute approximate surface area is 155 Å². The first kappa shape index (κ1) is 18.6. The number of fused-ring (bicyclic) bond motifs is 3. The van der Waals surface area contributed by atoms with Crippen LogP contribution in [-0.4, -0.2) is 41.3 Å². The summed E-state index contributed by atoms with van der Waals surface area (Å²) in [5, 5.41) is 2.88. The molecule has 128 valence electrons. The maximum absolute atomic E-state index is 2.59. The van der Waals surface area contributed by atoms with E-state index >= 15 is 0 Å². The van der Waals surface area contributed by atoms with Crippen molar-refractivity contribution in [3.63, 3.8) is 0 Å². The fourth-order valence-electron chi connectivity index (χ4n) is 3.49. The molecular weight excluding hydrogens is 504 g/mol. The summed E-state index contributed by atoms with van der Waals surface area (Å²) in [4.78, 5) is 15.1. The van der Waals surface area contributed by atoms with Crippen molar-refractivity contribution < 1.29 is 0 Å². The van der Waals surface area contributed by atoms with Crippen molar-refractivity contribution in [3.8, 4) is 0 Å². The normalized spacial score (nSPS) is 13.1. The average molecular weight is 535 g/mol. The first-order valence-corrected chi connectivity index (χ1v) is 29.2. The second-order valence-electron chi connectivity index (χ2n) is 9.12. The molecule has 0 amide bonds. The Morgan fingerprint density at radius 2 is 1.12 bits per heavy atom. The Morgan fingerprint density at radius 3 is 1.46 bits per heavy atom. The van der Waals surface area contributed by atoms with Gasteiger partial charge in [0.2, 0.25) is 0 Å². The summed E-state index contributed by atoms with van der Waals surface area (Å²) in [7, 11) is 0. The molecule has 24 heavy (non-hydrogen) atoms. The predicted octanol–water partition coefficient (Wildman–Crippen LogP) is 5.29. The van der Waals surface area contributed by atoms with Gasteiger partial charge in [0, 0.05) is 0 Å². The molecular formula is C21H31NSn2. The van der Waals surface area contributed by atoms with E-state index < -0.39 is 36.8 Å². The molecule has 0 unspecified atom stereocenters. The molecule has 0 saturated heterocycles. The first-order valence-electron chi connectivity index (χ1n) is 9.20. The van der Waals surface area contributed by atoms with Crippen LogP contribution < -0.4 is 7.16 Å². The van der Waals surface area contributed by atoms with Gasteiger partial charge in [0.1, 0.15) is 0 Å². The van der Waals surface area contributed by atoms with Gasteiger partial charge in [-0.15, -0.1) is 0 Å². The Morgan fingerprint density at radius 1 is 0.708 bits per heavy atom. The van der Waals surface area contributed by atoms with Gasteiger partial charge in [0.05, 0.1) is 0 Å². The van der Waals surface area contributed by atoms with Gasteiger partial charge < -0.3 is 0 Å². The van der Waals surface area contributed by atoms with Gasteiger partial charge in [-0.2, -0.15) is 0 Å². The van der Waals surface area contributed by atoms with Gasteiger partial charge in [-0.1, -0.05) is 0 Å². The van der Waals surface area contributed by atoms with Gasteiger partial charge in [-0.25, -0.2) is 0 Å². The molecule has 1 aromatic heterocycles. The Hall–Kier alpha value is -0.163. The maximum atomic E-state index is 2.59. The van der Waals surface area contributed by atoms with E-state index in [4.69, 9.17) is 0 Å². The number of aromatic nitrogens is 1. The Kier molecular flexibility index (Phi) is 5.07. The molecule has 0 aliphatic carbocycles. The number of nitrogens with zero attached hydrogens (tertiary/aromatic N) is 1. The minimum absolute atomic E-state index is 1.12. The van der Waals surface area contributed by atoms with E-state index in [0.29, 0.717) is 0 Å². The monoisotopic (exact) mass is 537 g/mol. The molecule has 0 spiro atoms. The van der Waals surface area contributed by atoms with Crippen LogP contribution in [0.2, 0.25) is 29.6 Å². The summed E-state index contributed by atoms with van der Waals surface area (Å²) in [6.07, 6.45) is 1.19. The average Bonchev–Trinajstić information content (AvgIpc) is 2.79. The molecule has 0 fully saturated rings. The van der Waals surface area contributed by atoms with E-state index in [0.717, 1.165) is 6.54 Å². The fraction of sp³-hybridized carbons (Fsp3) is 0.429. The van der Waals surface area contributed by atoms with Gasteiger partial charge in [0.15, 0.2) is 0 Å². The van der Waals surface area contributed by atoms with Crippen molar-refractivity contribution in [2.24, 2.45) is 0 Å². The van der Waals surface area contributed by atoms with Gasteiger partial charge in [-0.05, 0) is 0 Å². The van der Waals surface area contributed by atoms with Crippen LogP contribution in [0.5, 0.6) is 0 Å². The number of aryl methyl sites for hydroxylation is 1. The van der Waals surface area contributed by atoms with Crippen LogP contribution in [0.3, 0.4) is 0 Å². The van der Waals surface area contributed by atoms with Crippen molar-refractivity contribution >= 4 is 65.7 Å². The SMILES string of the molecule is CCCn1c2c[c]([Sn]([CH3])([CH3])[CH3])ccc2c2cc[c]([Sn]([CH3])([CH3])[CH3])cc21. The third-order valence-electron chi connectivity index (χ3n) is 5.05. The van der Waals surface area contributed by atoms with Crippen LogP contribution >= 0.6 is 0 Å². The van der Waals surface area contributed by atoms with E-state index in [1.165, 1.54) is 28.2 Å². The first-order chi connectivity index (χ1) is 11.1.